The zero-order valence-corrected chi connectivity index (χ0v) is 16.0. The topological polar surface area (TPSA) is 89.7 Å². The van der Waals surface area contributed by atoms with Crippen LogP contribution in [0.25, 0.3) is 11.4 Å². The molecule has 1 aliphatic rings. The van der Waals surface area contributed by atoms with Crippen molar-refractivity contribution in [3.05, 3.63) is 24.1 Å². The van der Waals surface area contributed by atoms with Crippen molar-refractivity contribution >= 4 is 5.91 Å². The third-order valence-corrected chi connectivity index (χ3v) is 4.70. The van der Waals surface area contributed by atoms with Gasteiger partial charge in [-0.05, 0) is 44.5 Å². The summed E-state index contributed by atoms with van der Waals surface area (Å²) in [5.74, 6) is 2.45. The number of methoxy groups -OCH3 is 2. The van der Waals surface area contributed by atoms with Crippen LogP contribution < -0.4 is 14.8 Å². The largest absolute Gasteiger partial charge is 0.493 e. The number of aromatic nitrogens is 2. The summed E-state index contributed by atoms with van der Waals surface area (Å²) in [4.78, 5) is 18.8. The summed E-state index contributed by atoms with van der Waals surface area (Å²) < 4.78 is 16.0. The molecule has 0 unspecified atom stereocenters. The van der Waals surface area contributed by atoms with Crippen molar-refractivity contribution in [2.45, 2.75) is 26.3 Å². The Kier molecular flexibility index (Phi) is 6.28. The molecule has 0 radical (unpaired) electrons. The van der Waals surface area contributed by atoms with Crippen molar-refractivity contribution in [2.24, 2.45) is 5.92 Å². The number of hydrogen-bond donors (Lipinski definition) is 1. The molecule has 0 aliphatic carbocycles. The predicted molar refractivity (Wildman–Crippen MR) is 99.5 cm³/mol. The molecule has 0 spiro atoms. The number of likely N-dealkylation sites (tertiary alicyclic amines) is 1. The Hall–Kier alpha value is -2.61. The highest BCUT2D eigenvalue weighted by atomic mass is 16.5. The van der Waals surface area contributed by atoms with Gasteiger partial charge in [0.25, 0.3) is 0 Å². The normalized spacial score (nSPS) is 17.5. The third kappa shape index (κ3) is 4.57. The van der Waals surface area contributed by atoms with E-state index in [4.69, 9.17) is 14.0 Å². The maximum Gasteiger partial charge on any atom is 0.241 e. The summed E-state index contributed by atoms with van der Waals surface area (Å²) in [6.45, 7) is 4.76. The number of piperidine rings is 1. The van der Waals surface area contributed by atoms with Gasteiger partial charge in [-0.25, -0.2) is 0 Å². The zero-order chi connectivity index (χ0) is 19.2. The fourth-order valence-electron chi connectivity index (χ4n) is 3.33. The lowest BCUT2D eigenvalue weighted by Gasteiger charge is -2.30. The number of hydrogen-bond acceptors (Lipinski definition) is 7. The van der Waals surface area contributed by atoms with E-state index in [0.717, 1.165) is 24.9 Å². The van der Waals surface area contributed by atoms with E-state index in [1.54, 1.807) is 14.2 Å². The molecule has 1 N–H and O–H groups in total. The second-order valence-electron chi connectivity index (χ2n) is 6.55. The molecule has 1 atom stereocenters. The van der Waals surface area contributed by atoms with E-state index in [1.807, 2.05) is 25.1 Å². The highest BCUT2D eigenvalue weighted by molar-refractivity contribution is 5.78. The minimum atomic E-state index is 0.0203. The smallest absolute Gasteiger partial charge is 0.241 e. The number of rotatable bonds is 7. The Morgan fingerprint density at radius 2 is 2.15 bits per heavy atom. The van der Waals surface area contributed by atoms with Crippen molar-refractivity contribution in [1.29, 1.82) is 0 Å². The Morgan fingerprint density at radius 1 is 1.33 bits per heavy atom. The van der Waals surface area contributed by atoms with E-state index in [-0.39, 0.29) is 11.8 Å². The summed E-state index contributed by atoms with van der Waals surface area (Å²) in [5.41, 5.74) is 0.793. The zero-order valence-electron chi connectivity index (χ0n) is 16.0. The van der Waals surface area contributed by atoms with E-state index in [1.165, 1.54) is 0 Å². The molecule has 0 saturated carbocycles. The molecule has 27 heavy (non-hydrogen) atoms. The summed E-state index contributed by atoms with van der Waals surface area (Å²) in [5, 5.41) is 6.98. The van der Waals surface area contributed by atoms with Crippen LogP contribution in [0.3, 0.4) is 0 Å². The molecule has 2 heterocycles. The van der Waals surface area contributed by atoms with Crippen LogP contribution in [0.15, 0.2) is 22.7 Å². The molecule has 1 saturated heterocycles. The lowest BCUT2D eigenvalue weighted by molar-refractivity contribution is -0.126. The van der Waals surface area contributed by atoms with Gasteiger partial charge in [0.05, 0.1) is 26.7 Å². The molecular weight excluding hydrogens is 348 g/mol. The van der Waals surface area contributed by atoms with Gasteiger partial charge in [0, 0.05) is 18.7 Å². The second kappa shape index (κ2) is 8.85. The average Bonchev–Trinajstić information content (AvgIpc) is 3.16. The first-order valence-corrected chi connectivity index (χ1v) is 9.19. The summed E-state index contributed by atoms with van der Waals surface area (Å²) in [6, 6.07) is 5.49. The van der Waals surface area contributed by atoms with Crippen molar-refractivity contribution in [2.75, 3.05) is 33.9 Å². The van der Waals surface area contributed by atoms with Gasteiger partial charge in [0.15, 0.2) is 11.5 Å². The van der Waals surface area contributed by atoms with Crippen LogP contribution in [0.2, 0.25) is 0 Å². The van der Waals surface area contributed by atoms with Crippen molar-refractivity contribution < 1.29 is 18.8 Å². The SMILES string of the molecule is CCNC(=O)[C@H]1CCCN(Cc2nc(-c3ccc(OC)c(OC)c3)no2)C1. The first kappa shape index (κ1) is 19.2. The van der Waals surface area contributed by atoms with Crippen LogP contribution in [-0.2, 0) is 11.3 Å². The molecule has 8 nitrogen and oxygen atoms in total. The molecular formula is C19H26N4O4. The van der Waals surface area contributed by atoms with Crippen molar-refractivity contribution in [3.8, 4) is 22.9 Å². The Labute approximate surface area is 158 Å². The monoisotopic (exact) mass is 374 g/mol. The molecule has 1 fully saturated rings. The van der Waals surface area contributed by atoms with E-state index in [2.05, 4.69) is 20.4 Å². The molecule has 1 aliphatic heterocycles. The highest BCUT2D eigenvalue weighted by Crippen LogP contribution is 2.31. The number of nitrogens with zero attached hydrogens (tertiary/aromatic N) is 3. The van der Waals surface area contributed by atoms with Crippen LogP contribution in [0.1, 0.15) is 25.7 Å². The molecule has 1 aromatic carbocycles. The van der Waals surface area contributed by atoms with Crippen molar-refractivity contribution in [3.63, 3.8) is 0 Å². The van der Waals surface area contributed by atoms with Crippen LogP contribution in [-0.4, -0.2) is 54.8 Å². The van der Waals surface area contributed by atoms with Crippen LogP contribution >= 0.6 is 0 Å². The van der Waals surface area contributed by atoms with E-state index in [9.17, 15) is 4.79 Å². The predicted octanol–water partition coefficient (Wildman–Crippen LogP) is 2.10. The molecule has 146 valence electrons. The Morgan fingerprint density at radius 3 is 2.89 bits per heavy atom. The van der Waals surface area contributed by atoms with Gasteiger partial charge < -0.3 is 19.3 Å². The lowest BCUT2D eigenvalue weighted by atomic mass is 9.97. The first-order valence-electron chi connectivity index (χ1n) is 9.19. The van der Waals surface area contributed by atoms with Gasteiger partial charge in [-0.1, -0.05) is 5.16 Å². The fraction of sp³-hybridized carbons (Fsp3) is 0.526. The first-order chi connectivity index (χ1) is 13.1. The minimum absolute atomic E-state index is 0.0203. The third-order valence-electron chi connectivity index (χ3n) is 4.70. The number of amides is 1. The maximum absolute atomic E-state index is 12.1. The van der Waals surface area contributed by atoms with Gasteiger partial charge in [-0.2, -0.15) is 4.98 Å². The molecule has 3 rings (SSSR count). The number of carbonyl (C=O) groups excluding carboxylic acids is 1. The molecule has 8 heteroatoms. The second-order valence-corrected chi connectivity index (χ2v) is 6.55. The average molecular weight is 374 g/mol. The lowest BCUT2D eigenvalue weighted by Crippen LogP contribution is -2.42. The van der Waals surface area contributed by atoms with Crippen LogP contribution in [0.4, 0.5) is 0 Å². The van der Waals surface area contributed by atoms with Gasteiger partial charge in [0.2, 0.25) is 17.6 Å². The van der Waals surface area contributed by atoms with E-state index in [0.29, 0.717) is 42.8 Å². The van der Waals surface area contributed by atoms with E-state index < -0.39 is 0 Å². The maximum atomic E-state index is 12.1. The Balaban J connectivity index is 1.66. The fourth-order valence-corrected chi connectivity index (χ4v) is 3.33. The number of carbonyl (C=O) groups is 1. The highest BCUT2D eigenvalue weighted by Gasteiger charge is 2.26. The molecule has 0 bridgehead atoms. The molecule has 1 amide bonds. The van der Waals surface area contributed by atoms with Gasteiger partial charge in [0.1, 0.15) is 0 Å². The van der Waals surface area contributed by atoms with Gasteiger partial charge in [-0.3, -0.25) is 9.69 Å². The summed E-state index contributed by atoms with van der Waals surface area (Å²) >= 11 is 0. The molecule has 2 aromatic rings. The molecule has 1 aromatic heterocycles. The number of benzene rings is 1. The van der Waals surface area contributed by atoms with Gasteiger partial charge >= 0.3 is 0 Å². The van der Waals surface area contributed by atoms with Crippen LogP contribution in [0, 0.1) is 5.92 Å². The van der Waals surface area contributed by atoms with Crippen molar-refractivity contribution in [1.82, 2.24) is 20.4 Å². The van der Waals surface area contributed by atoms with Gasteiger partial charge in [-0.15, -0.1) is 0 Å². The Bertz CT molecular complexity index is 777. The summed E-state index contributed by atoms with van der Waals surface area (Å²) in [6.07, 6.45) is 1.90. The number of ether oxygens (including phenoxy) is 2. The quantitative estimate of drug-likeness (QED) is 0.794. The minimum Gasteiger partial charge on any atom is -0.493 e. The summed E-state index contributed by atoms with van der Waals surface area (Å²) in [7, 11) is 3.18. The van der Waals surface area contributed by atoms with E-state index >= 15 is 0 Å². The standard InChI is InChI=1S/C19H26N4O4/c1-4-20-19(24)14-6-5-9-23(11-14)12-17-21-18(22-27-17)13-7-8-15(25-2)16(10-13)26-3/h7-8,10,14H,4-6,9,11-12H2,1-3H3,(H,20,24)/t14-/m0/s1. The number of nitrogens with one attached hydrogen (secondary N) is 1. The van der Waals surface area contributed by atoms with Crippen LogP contribution in [0.5, 0.6) is 11.5 Å².